The molecule has 0 aromatic carbocycles. The summed E-state index contributed by atoms with van der Waals surface area (Å²) in [6.45, 7) is 0. The highest BCUT2D eigenvalue weighted by Gasteiger charge is 2.30. The molecule has 1 unspecified atom stereocenters. The van der Waals surface area contributed by atoms with E-state index in [0.717, 1.165) is 18.0 Å². The van der Waals surface area contributed by atoms with Crippen molar-refractivity contribution in [2.24, 2.45) is 11.7 Å². The third kappa shape index (κ3) is 2.72. The number of aryl methyl sites for hydroxylation is 2. The number of hydrogen-bond acceptors (Lipinski definition) is 4. The SMILES string of the molecule is NC(CC(=O)Nc1nc2c(s1)CCCC2)C1CC1. The molecule has 1 aromatic heterocycles. The number of nitrogens with two attached hydrogens (primary N) is 1. The number of anilines is 1. The summed E-state index contributed by atoms with van der Waals surface area (Å²) >= 11 is 1.63. The normalized spacial score (nSPS) is 20.3. The molecule has 1 saturated carbocycles. The lowest BCUT2D eigenvalue weighted by Gasteiger charge is -2.08. The molecule has 0 radical (unpaired) electrons. The van der Waals surface area contributed by atoms with Gasteiger partial charge in [0.1, 0.15) is 0 Å². The maximum atomic E-state index is 11.8. The number of amides is 1. The number of nitrogens with zero attached hydrogens (tertiary/aromatic N) is 1. The Balaban J connectivity index is 1.58. The Kier molecular flexibility index (Phi) is 3.35. The van der Waals surface area contributed by atoms with Gasteiger partial charge in [-0.2, -0.15) is 0 Å². The Bertz CT molecular complexity index is 430. The third-order valence-electron chi connectivity index (χ3n) is 3.74. The second kappa shape index (κ2) is 4.97. The van der Waals surface area contributed by atoms with Crippen molar-refractivity contribution in [3.8, 4) is 0 Å². The lowest BCUT2D eigenvalue weighted by molar-refractivity contribution is -0.116. The van der Waals surface area contributed by atoms with Crippen LogP contribution in [0.25, 0.3) is 0 Å². The fourth-order valence-electron chi connectivity index (χ4n) is 2.48. The number of nitrogens with one attached hydrogen (secondary N) is 1. The molecule has 1 heterocycles. The average Bonchev–Trinajstić information content (AvgIpc) is 3.10. The van der Waals surface area contributed by atoms with Crippen LogP contribution in [0.15, 0.2) is 0 Å². The van der Waals surface area contributed by atoms with Gasteiger partial charge < -0.3 is 11.1 Å². The molecule has 0 aliphatic heterocycles. The molecule has 1 atom stereocenters. The van der Waals surface area contributed by atoms with E-state index in [1.807, 2.05) is 0 Å². The van der Waals surface area contributed by atoms with Crippen molar-refractivity contribution in [3.63, 3.8) is 0 Å². The zero-order valence-corrected chi connectivity index (χ0v) is 11.3. The molecular weight excluding hydrogens is 246 g/mol. The van der Waals surface area contributed by atoms with Crippen molar-refractivity contribution in [2.75, 3.05) is 5.32 Å². The van der Waals surface area contributed by atoms with Crippen molar-refractivity contribution in [3.05, 3.63) is 10.6 Å². The molecule has 5 heteroatoms. The van der Waals surface area contributed by atoms with Gasteiger partial charge in [-0.05, 0) is 44.4 Å². The van der Waals surface area contributed by atoms with Crippen LogP contribution in [0.5, 0.6) is 0 Å². The topological polar surface area (TPSA) is 68.0 Å². The zero-order valence-electron chi connectivity index (χ0n) is 10.4. The highest BCUT2D eigenvalue weighted by Crippen LogP contribution is 2.33. The monoisotopic (exact) mass is 265 g/mol. The molecule has 18 heavy (non-hydrogen) atoms. The number of thiazole rings is 1. The van der Waals surface area contributed by atoms with Gasteiger partial charge in [-0.15, -0.1) is 11.3 Å². The van der Waals surface area contributed by atoms with Gasteiger partial charge in [0.05, 0.1) is 5.69 Å². The molecule has 0 spiro atoms. The molecule has 0 bridgehead atoms. The van der Waals surface area contributed by atoms with Gasteiger partial charge >= 0.3 is 0 Å². The average molecular weight is 265 g/mol. The number of fused-ring (bicyclic) bond motifs is 1. The zero-order chi connectivity index (χ0) is 12.5. The Morgan fingerprint density at radius 1 is 1.44 bits per heavy atom. The van der Waals surface area contributed by atoms with Crippen molar-refractivity contribution < 1.29 is 4.79 Å². The minimum Gasteiger partial charge on any atom is -0.327 e. The van der Waals surface area contributed by atoms with Gasteiger partial charge in [-0.1, -0.05) is 0 Å². The third-order valence-corrected chi connectivity index (χ3v) is 4.81. The molecule has 1 fully saturated rings. The van der Waals surface area contributed by atoms with E-state index in [0.29, 0.717) is 12.3 Å². The summed E-state index contributed by atoms with van der Waals surface area (Å²) in [4.78, 5) is 17.7. The first kappa shape index (κ1) is 12.1. The molecule has 3 N–H and O–H groups in total. The van der Waals surface area contributed by atoms with Crippen LogP contribution in [0.2, 0.25) is 0 Å². The van der Waals surface area contributed by atoms with Crippen LogP contribution < -0.4 is 11.1 Å². The van der Waals surface area contributed by atoms with E-state index >= 15 is 0 Å². The summed E-state index contributed by atoms with van der Waals surface area (Å²) in [5.41, 5.74) is 7.14. The summed E-state index contributed by atoms with van der Waals surface area (Å²) in [7, 11) is 0. The van der Waals surface area contributed by atoms with Gasteiger partial charge in [0.25, 0.3) is 0 Å². The van der Waals surface area contributed by atoms with E-state index in [2.05, 4.69) is 10.3 Å². The number of carbonyl (C=O) groups is 1. The maximum absolute atomic E-state index is 11.8. The Hall–Kier alpha value is -0.940. The number of carbonyl (C=O) groups excluding carboxylic acids is 1. The van der Waals surface area contributed by atoms with Crippen molar-refractivity contribution in [1.29, 1.82) is 0 Å². The maximum Gasteiger partial charge on any atom is 0.227 e. The van der Waals surface area contributed by atoms with E-state index in [9.17, 15) is 4.79 Å². The van der Waals surface area contributed by atoms with Crippen LogP contribution in [-0.2, 0) is 17.6 Å². The molecular formula is C13H19N3OS. The standard InChI is InChI=1S/C13H19N3OS/c14-9(8-5-6-8)7-12(17)16-13-15-10-3-1-2-4-11(10)18-13/h8-9H,1-7,14H2,(H,15,16,17). The fraction of sp³-hybridized carbons (Fsp3) is 0.692. The van der Waals surface area contributed by atoms with Crippen LogP contribution in [-0.4, -0.2) is 16.9 Å². The number of rotatable bonds is 4. The summed E-state index contributed by atoms with van der Waals surface area (Å²) in [5, 5.41) is 3.66. The van der Waals surface area contributed by atoms with E-state index in [-0.39, 0.29) is 11.9 Å². The summed E-state index contributed by atoms with van der Waals surface area (Å²) in [6.07, 6.45) is 7.43. The molecule has 98 valence electrons. The van der Waals surface area contributed by atoms with Crippen LogP contribution in [0.1, 0.15) is 42.7 Å². The van der Waals surface area contributed by atoms with E-state index in [4.69, 9.17) is 5.73 Å². The van der Waals surface area contributed by atoms with Crippen LogP contribution in [0, 0.1) is 5.92 Å². The minimum atomic E-state index is 0.0143. The Morgan fingerprint density at radius 2 is 2.22 bits per heavy atom. The quantitative estimate of drug-likeness (QED) is 0.876. The van der Waals surface area contributed by atoms with Gasteiger partial charge in [0.15, 0.2) is 5.13 Å². The first-order valence-electron chi connectivity index (χ1n) is 6.76. The van der Waals surface area contributed by atoms with E-state index < -0.39 is 0 Å². The molecule has 1 amide bonds. The highest BCUT2D eigenvalue weighted by molar-refractivity contribution is 7.15. The van der Waals surface area contributed by atoms with Crippen molar-refractivity contribution in [2.45, 2.75) is 51.0 Å². The van der Waals surface area contributed by atoms with Crippen LogP contribution in [0.3, 0.4) is 0 Å². The molecule has 4 nitrogen and oxygen atoms in total. The van der Waals surface area contributed by atoms with Gasteiger partial charge in [-0.3, -0.25) is 4.79 Å². The van der Waals surface area contributed by atoms with E-state index in [1.165, 1.54) is 36.3 Å². The lowest BCUT2D eigenvalue weighted by atomic mass is 10.0. The Morgan fingerprint density at radius 3 is 2.94 bits per heavy atom. The van der Waals surface area contributed by atoms with Gasteiger partial charge in [-0.25, -0.2) is 4.98 Å². The van der Waals surface area contributed by atoms with Gasteiger partial charge in [0.2, 0.25) is 5.91 Å². The largest absolute Gasteiger partial charge is 0.327 e. The second-order valence-electron chi connectivity index (χ2n) is 5.35. The molecule has 3 rings (SSSR count). The predicted octanol–water partition coefficient (Wildman–Crippen LogP) is 2.09. The molecule has 1 aromatic rings. The van der Waals surface area contributed by atoms with Crippen molar-refractivity contribution >= 4 is 22.4 Å². The first-order chi connectivity index (χ1) is 8.72. The lowest BCUT2D eigenvalue weighted by Crippen LogP contribution is -2.28. The Labute approximate surface area is 111 Å². The molecule has 2 aliphatic rings. The first-order valence-corrected chi connectivity index (χ1v) is 7.58. The second-order valence-corrected chi connectivity index (χ2v) is 6.43. The van der Waals surface area contributed by atoms with Gasteiger partial charge in [0, 0.05) is 17.3 Å². The minimum absolute atomic E-state index is 0.0143. The van der Waals surface area contributed by atoms with Crippen LogP contribution in [0.4, 0.5) is 5.13 Å². The number of aromatic nitrogens is 1. The van der Waals surface area contributed by atoms with E-state index in [1.54, 1.807) is 11.3 Å². The summed E-state index contributed by atoms with van der Waals surface area (Å²) < 4.78 is 0. The van der Waals surface area contributed by atoms with Crippen LogP contribution >= 0.6 is 11.3 Å². The molecule has 2 aliphatic carbocycles. The summed E-state index contributed by atoms with van der Waals surface area (Å²) in [5.74, 6) is 0.584. The highest BCUT2D eigenvalue weighted by atomic mass is 32.1. The smallest absolute Gasteiger partial charge is 0.227 e. The number of hydrogen-bond donors (Lipinski definition) is 2. The van der Waals surface area contributed by atoms with Crippen molar-refractivity contribution in [1.82, 2.24) is 4.98 Å². The predicted molar refractivity (Wildman–Crippen MR) is 72.7 cm³/mol. The summed E-state index contributed by atoms with van der Waals surface area (Å²) in [6, 6.07) is 0.0274. The molecule has 0 saturated heterocycles. The fourth-order valence-corrected chi connectivity index (χ4v) is 3.55.